The van der Waals surface area contributed by atoms with E-state index < -0.39 is 0 Å². The number of nitrogens with one attached hydrogen (secondary N) is 2. The second-order valence-corrected chi connectivity index (χ2v) is 9.77. The number of rotatable bonds is 7. The smallest absolute Gasteiger partial charge is 0.257 e. The van der Waals surface area contributed by atoms with Crippen molar-refractivity contribution in [3.8, 4) is 5.75 Å². The Hall–Kier alpha value is -2.91. The highest BCUT2D eigenvalue weighted by molar-refractivity contribution is 7.10. The summed E-state index contributed by atoms with van der Waals surface area (Å²) >= 11 is 1.53. The lowest BCUT2D eigenvalue weighted by atomic mass is 9.94. The quantitative estimate of drug-likeness (QED) is 0.628. The first-order valence-electron chi connectivity index (χ1n) is 11.7. The molecule has 3 amide bonds. The Kier molecular flexibility index (Phi) is 7.84. The van der Waals surface area contributed by atoms with Gasteiger partial charge in [0.15, 0.2) is 0 Å². The van der Waals surface area contributed by atoms with Crippen molar-refractivity contribution in [1.82, 2.24) is 10.2 Å². The van der Waals surface area contributed by atoms with Gasteiger partial charge in [-0.15, -0.1) is 11.3 Å². The molecule has 1 aromatic carbocycles. The summed E-state index contributed by atoms with van der Waals surface area (Å²) in [6, 6.07) is 8.80. The van der Waals surface area contributed by atoms with Gasteiger partial charge in [-0.3, -0.25) is 14.4 Å². The Bertz CT molecular complexity index is 1030. The number of amides is 3. The van der Waals surface area contributed by atoms with Gasteiger partial charge in [-0.05, 0) is 48.9 Å². The molecule has 0 radical (unpaired) electrons. The van der Waals surface area contributed by atoms with E-state index in [4.69, 9.17) is 9.47 Å². The second-order valence-electron chi connectivity index (χ2n) is 8.74. The number of likely N-dealkylation sites (N-methyl/N-ethyl adjacent to an activating group) is 1. The van der Waals surface area contributed by atoms with Crippen LogP contribution in [-0.4, -0.2) is 61.1 Å². The van der Waals surface area contributed by atoms with E-state index >= 15 is 0 Å². The third-order valence-corrected chi connectivity index (χ3v) is 7.07. The molecule has 1 fully saturated rings. The normalized spacial score (nSPS) is 22.0. The Morgan fingerprint density at radius 3 is 2.82 bits per heavy atom. The molecule has 182 valence electrons. The molecule has 2 aromatic rings. The van der Waals surface area contributed by atoms with E-state index in [0.29, 0.717) is 36.4 Å². The predicted octanol–water partition coefficient (Wildman–Crippen LogP) is 3.23. The van der Waals surface area contributed by atoms with E-state index in [1.165, 1.54) is 11.3 Å². The molecule has 2 N–H and O–H groups in total. The predicted molar refractivity (Wildman–Crippen MR) is 130 cm³/mol. The SMILES string of the molecule is CCCNC(=O)C[C@@H]1CC[C@H]2[C@@H](COc3ccc(NC(=O)Cc4cccs4)cc3C(=O)N2C)O1. The van der Waals surface area contributed by atoms with Gasteiger partial charge in [0.05, 0.1) is 30.6 Å². The number of nitrogens with zero attached hydrogens (tertiary/aromatic N) is 1. The van der Waals surface area contributed by atoms with Crippen molar-refractivity contribution in [3.05, 3.63) is 46.2 Å². The van der Waals surface area contributed by atoms with Crippen LogP contribution in [0.2, 0.25) is 0 Å². The number of benzene rings is 1. The zero-order chi connectivity index (χ0) is 24.1. The van der Waals surface area contributed by atoms with Crippen LogP contribution >= 0.6 is 11.3 Å². The molecule has 1 aromatic heterocycles. The molecule has 0 saturated carbocycles. The molecule has 1 saturated heterocycles. The van der Waals surface area contributed by atoms with Crippen LogP contribution in [0.25, 0.3) is 0 Å². The first kappa shape index (κ1) is 24.2. The summed E-state index contributed by atoms with van der Waals surface area (Å²) in [6.07, 6.45) is 2.42. The van der Waals surface area contributed by atoms with Crippen molar-refractivity contribution >= 4 is 34.7 Å². The van der Waals surface area contributed by atoms with Gasteiger partial charge in [0.1, 0.15) is 18.5 Å². The first-order chi connectivity index (χ1) is 16.4. The number of anilines is 1. The van der Waals surface area contributed by atoms with Gasteiger partial charge in [0, 0.05) is 24.2 Å². The maximum atomic E-state index is 13.3. The third-order valence-electron chi connectivity index (χ3n) is 6.20. The molecule has 3 heterocycles. The van der Waals surface area contributed by atoms with Gasteiger partial charge in [0.2, 0.25) is 11.8 Å². The van der Waals surface area contributed by atoms with E-state index in [1.54, 1.807) is 30.1 Å². The molecule has 4 rings (SSSR count). The zero-order valence-corrected chi connectivity index (χ0v) is 20.4. The van der Waals surface area contributed by atoms with Crippen molar-refractivity contribution in [2.24, 2.45) is 0 Å². The highest BCUT2D eigenvalue weighted by Crippen LogP contribution is 2.32. The van der Waals surface area contributed by atoms with Gasteiger partial charge < -0.3 is 25.0 Å². The van der Waals surface area contributed by atoms with Crippen LogP contribution in [0.15, 0.2) is 35.7 Å². The summed E-state index contributed by atoms with van der Waals surface area (Å²) in [5.74, 6) is 0.130. The minimum Gasteiger partial charge on any atom is -0.490 e. The zero-order valence-electron chi connectivity index (χ0n) is 19.5. The molecule has 9 heteroatoms. The molecule has 2 aliphatic rings. The van der Waals surface area contributed by atoms with Crippen LogP contribution in [0.5, 0.6) is 5.75 Å². The van der Waals surface area contributed by atoms with Gasteiger partial charge in [0.25, 0.3) is 5.91 Å². The van der Waals surface area contributed by atoms with Crippen LogP contribution in [0, 0.1) is 0 Å². The van der Waals surface area contributed by atoms with Crippen LogP contribution in [0.3, 0.4) is 0 Å². The van der Waals surface area contributed by atoms with Gasteiger partial charge in [-0.2, -0.15) is 0 Å². The average molecular weight is 486 g/mol. The fourth-order valence-electron chi connectivity index (χ4n) is 4.43. The van der Waals surface area contributed by atoms with Crippen LogP contribution < -0.4 is 15.4 Å². The summed E-state index contributed by atoms with van der Waals surface area (Å²) in [5, 5.41) is 7.70. The molecule has 0 aliphatic carbocycles. The maximum Gasteiger partial charge on any atom is 0.257 e. The van der Waals surface area contributed by atoms with Gasteiger partial charge in [-0.25, -0.2) is 0 Å². The average Bonchev–Trinajstić information content (AvgIpc) is 3.33. The van der Waals surface area contributed by atoms with Crippen molar-refractivity contribution in [2.75, 3.05) is 25.5 Å². The van der Waals surface area contributed by atoms with Crippen molar-refractivity contribution in [3.63, 3.8) is 0 Å². The van der Waals surface area contributed by atoms with Crippen molar-refractivity contribution < 1.29 is 23.9 Å². The first-order valence-corrected chi connectivity index (χ1v) is 12.6. The fraction of sp³-hybridized carbons (Fsp3) is 0.480. The summed E-state index contributed by atoms with van der Waals surface area (Å²) in [6.45, 7) is 2.96. The molecular formula is C25H31N3O5S. The molecule has 8 nitrogen and oxygen atoms in total. The molecule has 2 aliphatic heterocycles. The lowest BCUT2D eigenvalue weighted by Crippen LogP contribution is -2.54. The summed E-state index contributed by atoms with van der Waals surface area (Å²) in [7, 11) is 1.77. The number of ether oxygens (including phenoxy) is 2. The van der Waals surface area contributed by atoms with Crippen molar-refractivity contribution in [2.45, 2.75) is 57.3 Å². The maximum absolute atomic E-state index is 13.3. The van der Waals surface area contributed by atoms with Crippen LogP contribution in [0.4, 0.5) is 5.69 Å². The largest absolute Gasteiger partial charge is 0.490 e. The number of fused-ring (bicyclic) bond motifs is 2. The standard InChI is InChI=1S/C25H31N3O5S/c1-3-10-26-23(29)13-17-7-8-20-22(33-17)15-32-21-9-6-16(12-19(21)25(31)28(20)2)27-24(30)14-18-5-4-11-34-18/h4-6,9,11-12,17,20,22H,3,7-8,10,13-15H2,1-2H3,(H,26,29)(H,27,30)/t17-,20-,22+/m0/s1. The highest BCUT2D eigenvalue weighted by atomic mass is 32.1. The molecule has 0 bridgehead atoms. The van der Waals surface area contributed by atoms with E-state index in [9.17, 15) is 14.4 Å². The Morgan fingerprint density at radius 1 is 1.21 bits per heavy atom. The highest BCUT2D eigenvalue weighted by Gasteiger charge is 2.39. The molecule has 3 atom stereocenters. The number of hydrogen-bond donors (Lipinski definition) is 2. The van der Waals surface area contributed by atoms with E-state index in [1.807, 2.05) is 24.4 Å². The lowest BCUT2D eigenvalue weighted by Gasteiger charge is -2.42. The lowest BCUT2D eigenvalue weighted by molar-refractivity contribution is -0.134. The number of hydrogen-bond acceptors (Lipinski definition) is 6. The Labute approximate surface area is 203 Å². The molecule has 34 heavy (non-hydrogen) atoms. The van der Waals surface area contributed by atoms with Gasteiger partial charge in [-0.1, -0.05) is 13.0 Å². The van der Waals surface area contributed by atoms with Crippen LogP contribution in [-0.2, 0) is 20.7 Å². The monoisotopic (exact) mass is 485 g/mol. The second kappa shape index (κ2) is 11.0. The molecule has 0 unspecified atom stereocenters. The minimum atomic E-state index is -0.315. The van der Waals surface area contributed by atoms with Gasteiger partial charge >= 0.3 is 0 Å². The van der Waals surface area contributed by atoms with Crippen LogP contribution in [0.1, 0.15) is 47.8 Å². The van der Waals surface area contributed by atoms with Crippen molar-refractivity contribution in [1.29, 1.82) is 0 Å². The Morgan fingerprint density at radius 2 is 2.06 bits per heavy atom. The third kappa shape index (κ3) is 5.77. The van der Waals surface area contributed by atoms with E-state index in [0.717, 1.165) is 17.7 Å². The molecular weight excluding hydrogens is 454 g/mol. The summed E-state index contributed by atoms with van der Waals surface area (Å²) in [4.78, 5) is 40.5. The summed E-state index contributed by atoms with van der Waals surface area (Å²) in [5.41, 5.74) is 0.969. The topological polar surface area (TPSA) is 97.0 Å². The number of thiophene rings is 1. The van der Waals surface area contributed by atoms with E-state index in [2.05, 4.69) is 10.6 Å². The number of carbonyl (C=O) groups excluding carboxylic acids is 3. The summed E-state index contributed by atoms with van der Waals surface area (Å²) < 4.78 is 12.2. The number of carbonyl (C=O) groups is 3. The van der Waals surface area contributed by atoms with E-state index in [-0.39, 0.29) is 49.0 Å². The fourth-order valence-corrected chi connectivity index (χ4v) is 5.13. The minimum absolute atomic E-state index is 0.0134. The Balaban J connectivity index is 1.43. The molecule has 0 spiro atoms.